The van der Waals surface area contributed by atoms with E-state index in [0.29, 0.717) is 36.8 Å². The molecule has 6 rings (SSSR count). The van der Waals surface area contributed by atoms with E-state index in [0.717, 1.165) is 55.2 Å². The van der Waals surface area contributed by atoms with Crippen LogP contribution in [-0.4, -0.2) is 46.3 Å². The molecule has 7 unspecified atom stereocenters. The summed E-state index contributed by atoms with van der Waals surface area (Å²) in [5.74, 6) is 1.46. The Labute approximate surface area is 244 Å². The Hall–Kier alpha value is -2.35. The minimum absolute atomic E-state index is 0.207. The Bertz CT molecular complexity index is 1350. The smallest absolute Gasteiger partial charge is 0.263 e. The number of fused-ring (bicyclic) bond motifs is 4. The van der Waals surface area contributed by atoms with Crippen LogP contribution in [0.15, 0.2) is 48.6 Å². The van der Waals surface area contributed by atoms with Crippen molar-refractivity contribution in [2.75, 3.05) is 24.6 Å². The van der Waals surface area contributed by atoms with Gasteiger partial charge in [-0.25, -0.2) is 4.21 Å². The standard InChI is InChI=1S/C32H39ClN2O4S/c1-20-14-25-26(20)17-35-18-32(13-5-7-22-15-24(33)10-11-27(22)32)19-39-30-12-9-23(16-28(30)35)31(37)34-40(38)21(2)6-3-4-8-29(25)36/h3-4,9-12,15-16,20-21,25-26,29,36H,5-8,13-14,17-19H2,1-2H3,(H,34,37)/b4-3+. The van der Waals surface area contributed by atoms with Gasteiger partial charge in [-0.3, -0.25) is 9.52 Å². The number of carbonyl (C=O) groups excluding carboxylic acids is 1. The van der Waals surface area contributed by atoms with Gasteiger partial charge in [0.15, 0.2) is 0 Å². The molecule has 1 fully saturated rings. The van der Waals surface area contributed by atoms with Crippen LogP contribution in [0.25, 0.3) is 0 Å². The maximum Gasteiger partial charge on any atom is 0.263 e. The van der Waals surface area contributed by atoms with Gasteiger partial charge in [-0.2, -0.15) is 0 Å². The Morgan fingerprint density at radius 2 is 1.95 bits per heavy atom. The molecule has 2 aromatic rings. The van der Waals surface area contributed by atoms with Gasteiger partial charge >= 0.3 is 0 Å². The first-order chi connectivity index (χ1) is 19.2. The molecule has 8 heteroatoms. The third kappa shape index (κ3) is 5.21. The second-order valence-electron chi connectivity index (χ2n) is 12.4. The summed E-state index contributed by atoms with van der Waals surface area (Å²) in [6.45, 7) is 6.24. The highest BCUT2D eigenvalue weighted by atomic mass is 35.5. The lowest BCUT2D eigenvalue weighted by Crippen LogP contribution is -2.52. The Balaban J connectivity index is 1.42. The lowest BCUT2D eigenvalue weighted by molar-refractivity contribution is -0.0223. The van der Waals surface area contributed by atoms with Crippen molar-refractivity contribution < 1.29 is 18.8 Å². The SMILES string of the molecule is CC1CC2C(O)C/C=C/CC(C)S(=O)NC(=O)c3ccc4c(c3)N(CC12)CC1(CCCc2cc(Cl)ccc21)CO4. The zero-order chi connectivity index (χ0) is 28.0. The van der Waals surface area contributed by atoms with E-state index in [2.05, 4.69) is 28.7 Å². The van der Waals surface area contributed by atoms with Gasteiger partial charge in [-0.1, -0.05) is 36.7 Å². The maximum atomic E-state index is 13.2. The number of benzene rings is 2. The van der Waals surface area contributed by atoms with Crippen LogP contribution in [0.4, 0.5) is 5.69 Å². The first kappa shape index (κ1) is 27.8. The molecular formula is C32H39ClN2O4S. The van der Waals surface area contributed by atoms with Crippen LogP contribution < -0.4 is 14.4 Å². The molecule has 214 valence electrons. The number of hydrogen-bond donors (Lipinski definition) is 2. The number of aryl methyl sites for hydroxylation is 1. The molecule has 7 atom stereocenters. The highest BCUT2D eigenvalue weighted by Crippen LogP contribution is 2.48. The maximum absolute atomic E-state index is 13.2. The number of nitrogens with one attached hydrogen (secondary N) is 1. The van der Waals surface area contributed by atoms with Crippen molar-refractivity contribution in [2.45, 2.75) is 69.1 Å². The van der Waals surface area contributed by atoms with Crippen molar-refractivity contribution in [1.82, 2.24) is 4.72 Å². The number of nitrogens with zero attached hydrogens (tertiary/aromatic N) is 1. The average molecular weight is 583 g/mol. The molecule has 2 bridgehead atoms. The zero-order valence-electron chi connectivity index (χ0n) is 23.3. The summed E-state index contributed by atoms with van der Waals surface area (Å²) >= 11 is 6.40. The Morgan fingerprint density at radius 3 is 2.77 bits per heavy atom. The molecule has 0 radical (unpaired) electrons. The molecule has 4 aliphatic rings. The van der Waals surface area contributed by atoms with Crippen LogP contribution in [-0.2, 0) is 22.8 Å². The van der Waals surface area contributed by atoms with Crippen LogP contribution in [0.3, 0.4) is 0 Å². The van der Waals surface area contributed by atoms with E-state index in [4.69, 9.17) is 16.3 Å². The summed E-state index contributed by atoms with van der Waals surface area (Å²) < 4.78 is 22.1. The number of halogens is 1. The zero-order valence-corrected chi connectivity index (χ0v) is 24.8. The number of carbonyl (C=O) groups is 1. The van der Waals surface area contributed by atoms with Crippen LogP contribution in [0, 0.1) is 17.8 Å². The number of aliphatic hydroxyl groups excluding tert-OH is 1. The molecular weight excluding hydrogens is 544 g/mol. The van der Waals surface area contributed by atoms with Gasteiger partial charge in [-0.15, -0.1) is 0 Å². The van der Waals surface area contributed by atoms with Gasteiger partial charge in [0, 0.05) is 29.1 Å². The molecule has 0 aromatic heterocycles. The van der Waals surface area contributed by atoms with Crippen LogP contribution in [0.2, 0.25) is 5.02 Å². The van der Waals surface area contributed by atoms with E-state index >= 15 is 0 Å². The summed E-state index contributed by atoms with van der Waals surface area (Å²) in [5.41, 5.74) is 3.75. The van der Waals surface area contributed by atoms with Crippen molar-refractivity contribution in [1.29, 1.82) is 0 Å². The van der Waals surface area contributed by atoms with E-state index in [1.54, 1.807) is 6.07 Å². The molecule has 2 aliphatic heterocycles. The third-order valence-corrected chi connectivity index (χ3v) is 11.3. The lowest BCUT2D eigenvalue weighted by atomic mass is 9.62. The van der Waals surface area contributed by atoms with Gasteiger partial charge in [0.05, 0.1) is 23.6 Å². The molecule has 2 aromatic carbocycles. The number of rotatable bonds is 0. The monoisotopic (exact) mass is 582 g/mol. The van der Waals surface area contributed by atoms with Crippen LogP contribution >= 0.6 is 11.6 Å². The quantitative estimate of drug-likeness (QED) is 0.397. The van der Waals surface area contributed by atoms with Crippen molar-refractivity contribution in [2.24, 2.45) is 17.8 Å². The van der Waals surface area contributed by atoms with Gasteiger partial charge in [0.25, 0.3) is 5.91 Å². The summed E-state index contributed by atoms with van der Waals surface area (Å²) in [6, 6.07) is 11.8. The van der Waals surface area contributed by atoms with Crippen molar-refractivity contribution in [3.63, 3.8) is 0 Å². The average Bonchev–Trinajstić information content (AvgIpc) is 3.08. The topological polar surface area (TPSA) is 78.9 Å². The number of allylic oxidation sites excluding steroid dienone is 1. The third-order valence-electron chi connectivity index (χ3n) is 9.72. The van der Waals surface area contributed by atoms with E-state index in [-0.39, 0.29) is 22.5 Å². The summed E-state index contributed by atoms with van der Waals surface area (Å²) in [6.07, 6.45) is 8.82. The van der Waals surface area contributed by atoms with Crippen LogP contribution in [0.5, 0.6) is 5.75 Å². The molecule has 1 amide bonds. The molecule has 40 heavy (non-hydrogen) atoms. The molecule has 0 saturated heterocycles. The van der Waals surface area contributed by atoms with E-state index in [1.165, 1.54) is 11.1 Å². The van der Waals surface area contributed by atoms with Crippen molar-refractivity contribution in [3.8, 4) is 5.75 Å². The molecule has 1 saturated carbocycles. The fraction of sp³-hybridized carbons (Fsp3) is 0.531. The van der Waals surface area contributed by atoms with Crippen molar-refractivity contribution in [3.05, 3.63) is 70.3 Å². The molecule has 1 spiro atoms. The Morgan fingerprint density at radius 1 is 1.12 bits per heavy atom. The fourth-order valence-electron chi connectivity index (χ4n) is 7.31. The molecule has 6 nitrogen and oxygen atoms in total. The summed E-state index contributed by atoms with van der Waals surface area (Å²) in [4.78, 5) is 15.6. The van der Waals surface area contributed by atoms with Crippen LogP contribution in [0.1, 0.15) is 67.4 Å². The summed E-state index contributed by atoms with van der Waals surface area (Å²) in [7, 11) is -1.52. The van der Waals surface area contributed by atoms with Gasteiger partial charge in [0.1, 0.15) is 16.7 Å². The van der Waals surface area contributed by atoms with E-state index in [9.17, 15) is 14.1 Å². The number of hydrogen-bond acceptors (Lipinski definition) is 5. The number of amides is 1. The van der Waals surface area contributed by atoms with Crippen molar-refractivity contribution >= 4 is 34.2 Å². The predicted octanol–water partition coefficient (Wildman–Crippen LogP) is 5.58. The first-order valence-corrected chi connectivity index (χ1v) is 16.2. The second kappa shape index (κ2) is 11.1. The minimum Gasteiger partial charge on any atom is -0.490 e. The number of ether oxygens (including phenoxy) is 1. The van der Waals surface area contributed by atoms with Gasteiger partial charge < -0.3 is 14.7 Å². The van der Waals surface area contributed by atoms with E-state index < -0.39 is 17.1 Å². The fourth-order valence-corrected chi connectivity index (χ4v) is 8.29. The predicted molar refractivity (Wildman–Crippen MR) is 160 cm³/mol. The largest absolute Gasteiger partial charge is 0.490 e. The molecule has 2 N–H and O–H groups in total. The highest BCUT2D eigenvalue weighted by molar-refractivity contribution is 7.84. The normalized spacial score (nSPS) is 34.9. The van der Waals surface area contributed by atoms with Gasteiger partial charge in [-0.05, 0) is 105 Å². The van der Waals surface area contributed by atoms with Gasteiger partial charge in [0.2, 0.25) is 0 Å². The minimum atomic E-state index is -1.52. The number of anilines is 1. The second-order valence-corrected chi connectivity index (χ2v) is 14.4. The highest BCUT2D eigenvalue weighted by Gasteiger charge is 2.46. The molecule has 2 heterocycles. The Kier molecular flexibility index (Phi) is 7.75. The lowest BCUT2D eigenvalue weighted by Gasteiger charge is -2.49. The summed E-state index contributed by atoms with van der Waals surface area (Å²) in [5, 5.41) is 11.7. The number of aliphatic hydroxyl groups is 1. The first-order valence-electron chi connectivity index (χ1n) is 14.6. The van der Waals surface area contributed by atoms with E-state index in [1.807, 2.05) is 37.3 Å². The molecule has 2 aliphatic carbocycles.